The molecule has 39 heavy (non-hydrogen) atoms. The van der Waals surface area contributed by atoms with Crippen LogP contribution in [0.3, 0.4) is 0 Å². The molecule has 0 aromatic heterocycles. The molecule has 1 saturated carbocycles. The van der Waals surface area contributed by atoms with Gasteiger partial charge in [0.1, 0.15) is 22.9 Å². The molecule has 11 heteroatoms. The molecule has 1 fully saturated rings. The molecule has 2 aromatic carbocycles. The Morgan fingerprint density at radius 1 is 1.08 bits per heavy atom. The molecule has 206 valence electrons. The van der Waals surface area contributed by atoms with Gasteiger partial charge in [-0.15, -0.1) is 0 Å². The van der Waals surface area contributed by atoms with Gasteiger partial charge in [-0.1, -0.05) is 18.2 Å². The predicted molar refractivity (Wildman–Crippen MR) is 134 cm³/mol. The Hall–Kier alpha value is -3.83. The molecule has 8 nitrogen and oxygen atoms in total. The summed E-state index contributed by atoms with van der Waals surface area (Å²) in [5, 5.41) is 44.5. The molecule has 4 unspecified atom stereocenters. The fourth-order valence-electron chi connectivity index (χ4n) is 6.44. The Bertz CT molecular complexity index is 1460. The molecular weight excluding hydrogens is 517 g/mol. The molecule has 6 N–H and O–H groups in total. The van der Waals surface area contributed by atoms with Gasteiger partial charge in [0.05, 0.1) is 22.7 Å². The number of nitrogens with two attached hydrogens (primary N) is 1. The molecule has 3 aliphatic carbocycles. The van der Waals surface area contributed by atoms with Gasteiger partial charge in [-0.2, -0.15) is 13.2 Å². The average Bonchev–Trinajstić information content (AvgIpc) is 2.84. The number of hydrogen-bond acceptors (Lipinski definition) is 7. The van der Waals surface area contributed by atoms with Gasteiger partial charge in [0.2, 0.25) is 5.91 Å². The van der Waals surface area contributed by atoms with Crippen LogP contribution in [0, 0.1) is 11.8 Å². The van der Waals surface area contributed by atoms with Crippen LogP contribution in [0.5, 0.6) is 5.75 Å². The van der Waals surface area contributed by atoms with Gasteiger partial charge in [0.15, 0.2) is 5.78 Å². The quantitative estimate of drug-likeness (QED) is 0.398. The van der Waals surface area contributed by atoms with E-state index in [2.05, 4.69) is 0 Å². The van der Waals surface area contributed by atoms with Gasteiger partial charge in [-0.3, -0.25) is 14.5 Å². The van der Waals surface area contributed by atoms with Crippen molar-refractivity contribution in [3.63, 3.8) is 0 Å². The van der Waals surface area contributed by atoms with Gasteiger partial charge < -0.3 is 26.2 Å². The van der Waals surface area contributed by atoms with E-state index in [1.54, 1.807) is 19.0 Å². The first-order valence-corrected chi connectivity index (χ1v) is 12.3. The number of nitrogens with zero attached hydrogens (tertiary/aromatic N) is 1. The number of aliphatic hydroxyl groups is 3. The molecule has 0 bridgehead atoms. The molecule has 0 spiro atoms. The first kappa shape index (κ1) is 26.8. The number of primary amides is 1. The lowest BCUT2D eigenvalue weighted by Gasteiger charge is -2.51. The molecule has 5 rings (SSSR count). The number of fused-ring (bicyclic) bond motifs is 3. The fraction of sp³-hybridized carbons (Fsp3) is 0.357. The maximum Gasteiger partial charge on any atom is 0.416 e. The zero-order chi connectivity index (χ0) is 28.6. The minimum atomic E-state index is -4.51. The second-order valence-electron chi connectivity index (χ2n) is 10.6. The Morgan fingerprint density at radius 2 is 1.72 bits per heavy atom. The normalized spacial score (nSPS) is 26.8. The van der Waals surface area contributed by atoms with Crippen molar-refractivity contribution >= 4 is 17.4 Å². The predicted octanol–water partition coefficient (Wildman–Crippen LogP) is 3.47. The number of Topliss-reactive ketones (excluding diaryl/α,β-unsaturated/α-hetero) is 1. The van der Waals surface area contributed by atoms with Crippen LogP contribution >= 0.6 is 0 Å². The van der Waals surface area contributed by atoms with E-state index < -0.39 is 59.1 Å². The summed E-state index contributed by atoms with van der Waals surface area (Å²) in [6.07, 6.45) is -4.79. The van der Waals surface area contributed by atoms with Crippen molar-refractivity contribution in [1.82, 2.24) is 4.90 Å². The van der Waals surface area contributed by atoms with Crippen LogP contribution in [-0.4, -0.2) is 62.8 Å². The maximum atomic E-state index is 13.8. The monoisotopic (exact) mass is 544 g/mol. The summed E-state index contributed by atoms with van der Waals surface area (Å²) < 4.78 is 39.3. The summed E-state index contributed by atoms with van der Waals surface area (Å²) in [4.78, 5) is 27.5. The third-order valence-corrected chi connectivity index (χ3v) is 8.23. The van der Waals surface area contributed by atoms with E-state index in [4.69, 9.17) is 5.73 Å². The van der Waals surface area contributed by atoms with E-state index in [0.717, 1.165) is 12.1 Å². The second-order valence-corrected chi connectivity index (χ2v) is 10.6. The van der Waals surface area contributed by atoms with E-state index in [0.29, 0.717) is 16.7 Å². The summed E-state index contributed by atoms with van der Waals surface area (Å²) in [5.74, 6) is -4.52. The number of rotatable bonds is 3. The van der Waals surface area contributed by atoms with Crippen LogP contribution in [0.25, 0.3) is 16.9 Å². The highest BCUT2D eigenvalue weighted by Crippen LogP contribution is 2.54. The largest absolute Gasteiger partial charge is 0.510 e. The van der Waals surface area contributed by atoms with Crippen LogP contribution < -0.4 is 5.73 Å². The Labute approximate surface area is 221 Å². The van der Waals surface area contributed by atoms with Gasteiger partial charge >= 0.3 is 6.18 Å². The van der Waals surface area contributed by atoms with Crippen LogP contribution in [0.1, 0.15) is 29.5 Å². The Morgan fingerprint density at radius 3 is 2.28 bits per heavy atom. The highest BCUT2D eigenvalue weighted by atomic mass is 19.4. The Kier molecular flexibility index (Phi) is 6.07. The van der Waals surface area contributed by atoms with Crippen LogP contribution in [0.15, 0.2) is 53.3 Å². The summed E-state index contributed by atoms with van der Waals surface area (Å²) in [6, 6.07) is 6.38. The standard InChI is InChI=1S/C28H27F3N2O6/c1-33(2)22-18-10-13-9-16-15(12-3-5-14(6-4-12)28(29,30)31)7-8-19(34)21(16)24(36)20(13)25(37)27(18,39)11-17(23(22)35)26(32)38/h3-8,13,18,22,34-36,39H,9-11H2,1-2H3,(H2,32,38). The minimum Gasteiger partial charge on any atom is -0.510 e. The highest BCUT2D eigenvalue weighted by Gasteiger charge is 2.60. The zero-order valence-corrected chi connectivity index (χ0v) is 21.1. The van der Waals surface area contributed by atoms with Gasteiger partial charge in [0, 0.05) is 17.9 Å². The highest BCUT2D eigenvalue weighted by molar-refractivity contribution is 6.10. The number of likely N-dealkylation sites (N-methyl/N-ethyl adjacent to an activating group) is 1. The smallest absolute Gasteiger partial charge is 0.416 e. The van der Waals surface area contributed by atoms with E-state index in [-0.39, 0.29) is 41.1 Å². The number of hydrogen-bond donors (Lipinski definition) is 5. The van der Waals surface area contributed by atoms with Crippen molar-refractivity contribution in [1.29, 1.82) is 0 Å². The van der Waals surface area contributed by atoms with Crippen molar-refractivity contribution in [3.05, 3.63) is 70.0 Å². The second kappa shape index (κ2) is 8.85. The maximum absolute atomic E-state index is 13.8. The molecule has 2 aromatic rings. The molecule has 0 heterocycles. The minimum absolute atomic E-state index is 0.0393. The lowest BCUT2D eigenvalue weighted by Crippen LogP contribution is -2.62. The summed E-state index contributed by atoms with van der Waals surface area (Å²) in [7, 11) is 3.24. The number of aliphatic hydroxyl groups excluding tert-OH is 2. The third-order valence-electron chi connectivity index (χ3n) is 8.23. The van der Waals surface area contributed by atoms with E-state index in [9.17, 15) is 43.2 Å². The van der Waals surface area contributed by atoms with Crippen molar-refractivity contribution in [2.75, 3.05) is 14.1 Å². The van der Waals surface area contributed by atoms with E-state index in [1.165, 1.54) is 24.3 Å². The number of phenolic OH excluding ortho intramolecular Hbond substituents is 1. The van der Waals surface area contributed by atoms with Crippen LogP contribution in [-0.2, 0) is 22.2 Å². The van der Waals surface area contributed by atoms with E-state index >= 15 is 0 Å². The lowest BCUT2D eigenvalue weighted by molar-refractivity contribution is -0.151. The first-order chi connectivity index (χ1) is 18.2. The number of aromatic hydroxyl groups is 1. The average molecular weight is 545 g/mol. The first-order valence-electron chi connectivity index (χ1n) is 12.3. The number of amides is 1. The number of ketones is 1. The van der Waals surface area contributed by atoms with Crippen molar-refractivity contribution in [2.24, 2.45) is 17.6 Å². The topological polar surface area (TPSA) is 144 Å². The lowest BCUT2D eigenvalue weighted by atomic mass is 9.57. The summed E-state index contributed by atoms with van der Waals surface area (Å²) >= 11 is 0. The van der Waals surface area contributed by atoms with Crippen molar-refractivity contribution in [3.8, 4) is 16.9 Å². The summed E-state index contributed by atoms with van der Waals surface area (Å²) in [5.41, 5.74) is 3.38. The van der Waals surface area contributed by atoms with Gasteiger partial charge in [-0.05, 0) is 67.7 Å². The molecule has 0 saturated heterocycles. The van der Waals surface area contributed by atoms with Gasteiger partial charge in [-0.25, -0.2) is 0 Å². The molecule has 1 amide bonds. The van der Waals surface area contributed by atoms with Crippen molar-refractivity contribution in [2.45, 2.75) is 37.1 Å². The summed E-state index contributed by atoms with van der Waals surface area (Å²) in [6.45, 7) is 0. The molecule has 0 radical (unpaired) electrons. The van der Waals surface area contributed by atoms with E-state index in [1.807, 2.05) is 0 Å². The molecule has 0 aliphatic heterocycles. The molecule has 3 aliphatic rings. The number of phenols is 1. The molecule has 4 atom stereocenters. The number of alkyl halides is 3. The SMILES string of the molecule is CN(C)C1C(O)=C(C(N)=O)CC2(O)C(=O)C3=C(O)c4c(O)ccc(-c5ccc(C(F)(F)F)cc5)c4CC3CC12. The number of carbonyl (C=O) groups is 2. The fourth-order valence-corrected chi connectivity index (χ4v) is 6.44. The number of halogens is 3. The van der Waals surface area contributed by atoms with Crippen molar-refractivity contribution < 1.29 is 43.2 Å². The number of carbonyl (C=O) groups excluding carboxylic acids is 2. The third kappa shape index (κ3) is 3.99. The molecular formula is C28H27F3N2O6. The van der Waals surface area contributed by atoms with Gasteiger partial charge in [0.25, 0.3) is 0 Å². The number of benzene rings is 2. The Balaban J connectivity index is 1.65. The van der Waals surface area contributed by atoms with Crippen LogP contribution in [0.2, 0.25) is 0 Å². The zero-order valence-electron chi connectivity index (χ0n) is 21.1. The van der Waals surface area contributed by atoms with Crippen LogP contribution in [0.4, 0.5) is 13.2 Å².